The lowest BCUT2D eigenvalue weighted by Crippen LogP contribution is -2.41. The Bertz CT molecular complexity index is 247. The van der Waals surface area contributed by atoms with Crippen molar-refractivity contribution in [3.05, 3.63) is 0 Å². The number of alkyl halides is 4. The number of carbonyl (C=O) groups excluding carboxylic acids is 1. The second-order valence-electron chi connectivity index (χ2n) is 3.38. The van der Waals surface area contributed by atoms with Crippen LogP contribution in [0.2, 0.25) is 0 Å². The van der Waals surface area contributed by atoms with Gasteiger partial charge in [-0.05, 0) is 0 Å². The number of carbonyl (C=O) groups is 1. The van der Waals surface area contributed by atoms with Crippen molar-refractivity contribution >= 4 is 5.91 Å². The van der Waals surface area contributed by atoms with Crippen molar-refractivity contribution in [1.82, 2.24) is 10.6 Å². The summed E-state index contributed by atoms with van der Waals surface area (Å²) < 4.78 is 50.7. The molecule has 0 aromatic rings. The van der Waals surface area contributed by atoms with Crippen molar-refractivity contribution in [1.29, 1.82) is 0 Å². The van der Waals surface area contributed by atoms with Crippen LogP contribution < -0.4 is 10.6 Å². The van der Waals surface area contributed by atoms with Gasteiger partial charge >= 0.3 is 6.36 Å². The second kappa shape index (κ2) is 5.44. The minimum absolute atomic E-state index is 0.0476. The molecule has 94 valence electrons. The maximum Gasteiger partial charge on any atom is 0.522 e. The molecular formula is C8H12F4N2O2. The lowest BCUT2D eigenvalue weighted by Gasteiger charge is -2.11. The van der Waals surface area contributed by atoms with E-state index in [1.165, 1.54) is 0 Å². The summed E-state index contributed by atoms with van der Waals surface area (Å²) in [5.74, 6) is -0.508. The molecule has 0 unspecified atom stereocenters. The van der Waals surface area contributed by atoms with Gasteiger partial charge in [0.25, 0.3) is 0 Å². The summed E-state index contributed by atoms with van der Waals surface area (Å²) in [7, 11) is 0. The third-order valence-corrected chi connectivity index (χ3v) is 2.06. The predicted octanol–water partition coefficient (Wildman–Crippen LogP) is 0.339. The average molecular weight is 244 g/mol. The monoisotopic (exact) mass is 244 g/mol. The van der Waals surface area contributed by atoms with E-state index in [1.54, 1.807) is 0 Å². The first-order chi connectivity index (χ1) is 7.38. The smallest absolute Gasteiger partial charge is 0.352 e. The Morgan fingerprint density at radius 3 is 2.69 bits per heavy atom. The molecule has 1 aliphatic rings. The zero-order chi connectivity index (χ0) is 12.2. The molecule has 1 rings (SSSR count). The van der Waals surface area contributed by atoms with Crippen LogP contribution in [0.25, 0.3) is 0 Å². The summed E-state index contributed by atoms with van der Waals surface area (Å²) in [6, 6.07) is -0.666. The van der Waals surface area contributed by atoms with E-state index < -0.39 is 31.1 Å². The van der Waals surface area contributed by atoms with Crippen molar-refractivity contribution in [2.75, 3.05) is 19.7 Å². The fourth-order valence-electron chi connectivity index (χ4n) is 1.36. The van der Waals surface area contributed by atoms with E-state index in [4.69, 9.17) is 0 Å². The molecule has 8 heteroatoms. The van der Waals surface area contributed by atoms with Crippen molar-refractivity contribution in [2.24, 2.45) is 0 Å². The summed E-state index contributed by atoms with van der Waals surface area (Å²) in [4.78, 5) is 11.2. The molecule has 0 radical (unpaired) electrons. The number of nitrogens with one attached hydrogen (secondary N) is 2. The zero-order valence-electron chi connectivity index (χ0n) is 8.31. The summed E-state index contributed by atoms with van der Waals surface area (Å²) in [5, 5.41) is 4.84. The van der Waals surface area contributed by atoms with Gasteiger partial charge in [0, 0.05) is 19.5 Å². The number of rotatable bonds is 4. The van der Waals surface area contributed by atoms with Crippen LogP contribution in [0, 0.1) is 0 Å². The van der Waals surface area contributed by atoms with Crippen LogP contribution in [0.15, 0.2) is 0 Å². The molecule has 0 bridgehead atoms. The van der Waals surface area contributed by atoms with Crippen LogP contribution in [-0.4, -0.2) is 44.2 Å². The third kappa shape index (κ3) is 4.75. The molecule has 0 aromatic heterocycles. The summed E-state index contributed by atoms with van der Waals surface area (Å²) in [5.41, 5.74) is 0. The molecule has 1 aliphatic heterocycles. The quantitative estimate of drug-likeness (QED) is 0.554. The normalized spacial score (nSPS) is 25.8. The minimum atomic E-state index is -4.69. The molecule has 0 spiro atoms. The fourth-order valence-corrected chi connectivity index (χ4v) is 1.36. The van der Waals surface area contributed by atoms with Crippen molar-refractivity contribution < 1.29 is 27.1 Å². The number of ether oxygens (including phenoxy) is 1. The molecule has 16 heavy (non-hydrogen) atoms. The molecule has 4 nitrogen and oxygen atoms in total. The fraction of sp³-hybridized carbons (Fsp3) is 0.875. The van der Waals surface area contributed by atoms with Crippen molar-refractivity contribution in [2.45, 2.75) is 25.0 Å². The molecule has 2 N–H and O–H groups in total. The van der Waals surface area contributed by atoms with E-state index >= 15 is 0 Å². The lowest BCUT2D eigenvalue weighted by atomic mass is 10.2. The highest BCUT2D eigenvalue weighted by molar-refractivity contribution is 5.82. The standard InChI is InChI=1S/C8H12F4N2O2/c9-5-3-6(14-4-5)7(15)13-1-2-16-8(10,11)12/h5-6,14H,1-4H2,(H,13,15)/t5-,6+/m1/s1. The van der Waals surface area contributed by atoms with Gasteiger partial charge in [0.1, 0.15) is 6.17 Å². The van der Waals surface area contributed by atoms with Crippen LogP contribution in [0.4, 0.5) is 17.6 Å². The van der Waals surface area contributed by atoms with Gasteiger partial charge in [0.05, 0.1) is 12.6 Å². The Morgan fingerprint density at radius 1 is 1.50 bits per heavy atom. The van der Waals surface area contributed by atoms with Gasteiger partial charge < -0.3 is 10.6 Å². The van der Waals surface area contributed by atoms with Gasteiger partial charge in [-0.25, -0.2) is 4.39 Å². The largest absolute Gasteiger partial charge is 0.522 e. The number of hydrogen-bond donors (Lipinski definition) is 2. The highest BCUT2D eigenvalue weighted by Crippen LogP contribution is 2.15. The Morgan fingerprint density at radius 2 is 2.19 bits per heavy atom. The maximum absolute atomic E-state index is 12.7. The highest BCUT2D eigenvalue weighted by atomic mass is 19.4. The van der Waals surface area contributed by atoms with Crippen LogP contribution in [0.5, 0.6) is 0 Å². The van der Waals surface area contributed by atoms with Gasteiger partial charge in [-0.3, -0.25) is 9.53 Å². The first-order valence-electron chi connectivity index (χ1n) is 4.74. The second-order valence-corrected chi connectivity index (χ2v) is 3.38. The maximum atomic E-state index is 12.7. The Kier molecular flexibility index (Phi) is 4.48. The molecule has 0 aliphatic carbocycles. The van der Waals surface area contributed by atoms with Crippen molar-refractivity contribution in [3.63, 3.8) is 0 Å². The highest BCUT2D eigenvalue weighted by Gasteiger charge is 2.30. The lowest BCUT2D eigenvalue weighted by molar-refractivity contribution is -0.323. The predicted molar refractivity (Wildman–Crippen MR) is 46.3 cm³/mol. The van der Waals surface area contributed by atoms with Gasteiger partial charge in [0.15, 0.2) is 0 Å². The van der Waals surface area contributed by atoms with Gasteiger partial charge in [-0.2, -0.15) is 0 Å². The summed E-state index contributed by atoms with van der Waals surface area (Å²) in [6.45, 7) is -0.814. The average Bonchev–Trinajstić information content (AvgIpc) is 2.57. The first kappa shape index (κ1) is 13.2. The van der Waals surface area contributed by atoms with Crippen LogP contribution in [0.3, 0.4) is 0 Å². The van der Waals surface area contributed by atoms with Crippen LogP contribution in [0.1, 0.15) is 6.42 Å². The topological polar surface area (TPSA) is 50.4 Å². The van der Waals surface area contributed by atoms with Gasteiger partial charge in [-0.15, -0.1) is 13.2 Å². The SMILES string of the molecule is O=C(NCCOC(F)(F)F)[C@@H]1C[C@@H](F)CN1. The first-order valence-corrected chi connectivity index (χ1v) is 4.74. The molecule has 2 atom stereocenters. The van der Waals surface area contributed by atoms with Gasteiger partial charge in [-0.1, -0.05) is 0 Å². The third-order valence-electron chi connectivity index (χ3n) is 2.06. The molecule has 0 saturated carbocycles. The zero-order valence-corrected chi connectivity index (χ0v) is 8.31. The molecule has 1 saturated heterocycles. The van der Waals surface area contributed by atoms with Crippen molar-refractivity contribution in [3.8, 4) is 0 Å². The molecule has 1 fully saturated rings. The number of hydrogen-bond acceptors (Lipinski definition) is 3. The molecular weight excluding hydrogens is 232 g/mol. The molecule has 1 heterocycles. The van der Waals surface area contributed by atoms with E-state index in [0.29, 0.717) is 0 Å². The Balaban J connectivity index is 2.11. The van der Waals surface area contributed by atoms with E-state index in [2.05, 4.69) is 15.4 Å². The molecule has 1 amide bonds. The number of halogens is 4. The van der Waals surface area contributed by atoms with E-state index in [9.17, 15) is 22.4 Å². The summed E-state index contributed by atoms with van der Waals surface area (Å²) >= 11 is 0. The summed E-state index contributed by atoms with van der Waals surface area (Å²) in [6.07, 6.45) is -5.73. The Labute approximate surface area is 89.3 Å². The molecule has 0 aromatic carbocycles. The van der Waals surface area contributed by atoms with Gasteiger partial charge in [0.2, 0.25) is 5.91 Å². The van der Waals surface area contributed by atoms with Crippen LogP contribution in [-0.2, 0) is 9.53 Å². The Hall–Kier alpha value is -0.890. The van der Waals surface area contributed by atoms with E-state index in [1.807, 2.05) is 0 Å². The van der Waals surface area contributed by atoms with E-state index in [0.717, 1.165) is 0 Å². The number of amides is 1. The van der Waals surface area contributed by atoms with Crippen LogP contribution >= 0.6 is 0 Å². The van der Waals surface area contributed by atoms with E-state index in [-0.39, 0.29) is 19.5 Å². The minimum Gasteiger partial charge on any atom is -0.352 e.